The molecule has 0 saturated carbocycles. The fourth-order valence-corrected chi connectivity index (χ4v) is 3.02. The van der Waals surface area contributed by atoms with E-state index in [-0.39, 0.29) is 17.2 Å². The molecule has 0 aliphatic heterocycles. The van der Waals surface area contributed by atoms with E-state index < -0.39 is 11.3 Å². The molecule has 0 spiro atoms. The van der Waals surface area contributed by atoms with E-state index in [1.165, 1.54) is 16.8 Å². The number of carbonyl (C=O) groups excluding carboxylic acids is 1. The van der Waals surface area contributed by atoms with Gasteiger partial charge in [0, 0.05) is 18.8 Å². The molecule has 3 aromatic rings. The van der Waals surface area contributed by atoms with Crippen LogP contribution in [0.15, 0.2) is 71.4 Å². The summed E-state index contributed by atoms with van der Waals surface area (Å²) in [5, 5.41) is 12.8. The predicted octanol–water partition coefficient (Wildman–Crippen LogP) is 3.36. The number of allylic oxidation sites excluding steroid dienone is 1. The van der Waals surface area contributed by atoms with E-state index in [4.69, 9.17) is 4.74 Å². The normalized spacial score (nSPS) is 11.3. The quantitative estimate of drug-likeness (QED) is 0.278. The molecule has 3 rings (SSSR count). The van der Waals surface area contributed by atoms with Gasteiger partial charge in [-0.2, -0.15) is 0 Å². The first-order valence-electron chi connectivity index (χ1n) is 9.22. The number of para-hydroxylation sites is 3. The summed E-state index contributed by atoms with van der Waals surface area (Å²) in [7, 11) is 1.73. The van der Waals surface area contributed by atoms with Crippen molar-refractivity contribution < 1.29 is 14.6 Å². The van der Waals surface area contributed by atoms with Gasteiger partial charge in [-0.15, -0.1) is 0 Å². The first-order chi connectivity index (χ1) is 13.9. The SMILES string of the molecule is CCO/C(=C/C(=O)c1c(C)n(C)n(-c2ccccc2)c1=O)Nc1ccccc1O. The molecule has 0 aliphatic rings. The highest BCUT2D eigenvalue weighted by atomic mass is 16.5. The molecule has 0 bridgehead atoms. The number of ketones is 1. The average Bonchev–Trinajstić information content (AvgIpc) is 2.93. The monoisotopic (exact) mass is 393 g/mol. The number of aromatic hydroxyl groups is 1. The summed E-state index contributed by atoms with van der Waals surface area (Å²) in [5.41, 5.74) is 1.26. The van der Waals surface area contributed by atoms with Crippen LogP contribution in [-0.2, 0) is 11.8 Å². The highest BCUT2D eigenvalue weighted by Crippen LogP contribution is 2.23. The number of ether oxygens (including phenoxy) is 1. The van der Waals surface area contributed by atoms with Crippen LogP contribution in [0.2, 0.25) is 0 Å². The van der Waals surface area contributed by atoms with Gasteiger partial charge in [-0.25, -0.2) is 4.68 Å². The van der Waals surface area contributed by atoms with E-state index >= 15 is 0 Å². The average molecular weight is 393 g/mol. The molecule has 29 heavy (non-hydrogen) atoms. The summed E-state index contributed by atoms with van der Waals surface area (Å²) in [6, 6.07) is 15.7. The van der Waals surface area contributed by atoms with E-state index in [0.29, 0.717) is 23.7 Å². The van der Waals surface area contributed by atoms with Gasteiger partial charge in [0.1, 0.15) is 11.3 Å². The Hall–Kier alpha value is -3.74. The third-order valence-corrected chi connectivity index (χ3v) is 4.52. The molecule has 0 aliphatic carbocycles. The smallest absolute Gasteiger partial charge is 0.282 e. The van der Waals surface area contributed by atoms with Crippen molar-refractivity contribution in [3.8, 4) is 11.4 Å². The van der Waals surface area contributed by atoms with Crippen molar-refractivity contribution in [2.45, 2.75) is 13.8 Å². The lowest BCUT2D eigenvalue weighted by Crippen LogP contribution is -2.22. The van der Waals surface area contributed by atoms with E-state index in [2.05, 4.69) is 5.32 Å². The van der Waals surface area contributed by atoms with Crippen LogP contribution in [0.5, 0.6) is 5.75 Å². The van der Waals surface area contributed by atoms with Gasteiger partial charge in [-0.1, -0.05) is 30.3 Å². The van der Waals surface area contributed by atoms with Gasteiger partial charge in [0.15, 0.2) is 11.7 Å². The molecule has 0 radical (unpaired) electrons. The maximum Gasteiger partial charge on any atom is 0.282 e. The first kappa shape index (κ1) is 20.0. The van der Waals surface area contributed by atoms with Crippen molar-refractivity contribution in [2.75, 3.05) is 11.9 Å². The fraction of sp³-hybridized carbons (Fsp3) is 0.182. The van der Waals surface area contributed by atoms with Crippen molar-refractivity contribution in [2.24, 2.45) is 7.05 Å². The van der Waals surface area contributed by atoms with Gasteiger partial charge >= 0.3 is 0 Å². The van der Waals surface area contributed by atoms with E-state index in [0.717, 1.165) is 0 Å². The summed E-state index contributed by atoms with van der Waals surface area (Å²) in [4.78, 5) is 26.0. The molecule has 2 N–H and O–H groups in total. The second kappa shape index (κ2) is 8.52. The lowest BCUT2D eigenvalue weighted by atomic mass is 10.1. The van der Waals surface area contributed by atoms with Crippen molar-refractivity contribution in [3.63, 3.8) is 0 Å². The van der Waals surface area contributed by atoms with Gasteiger partial charge in [-0.3, -0.25) is 14.3 Å². The Morgan fingerprint density at radius 1 is 1.14 bits per heavy atom. The molecule has 2 aromatic carbocycles. The van der Waals surface area contributed by atoms with Crippen molar-refractivity contribution in [1.82, 2.24) is 9.36 Å². The van der Waals surface area contributed by atoms with Crippen LogP contribution < -0.4 is 10.9 Å². The summed E-state index contributed by atoms with van der Waals surface area (Å²) in [5.74, 6) is -0.315. The second-order valence-corrected chi connectivity index (χ2v) is 6.38. The lowest BCUT2D eigenvalue weighted by Gasteiger charge is -2.12. The number of hydrogen-bond donors (Lipinski definition) is 2. The molecule has 7 heteroatoms. The summed E-state index contributed by atoms with van der Waals surface area (Å²) in [6.07, 6.45) is 1.23. The fourth-order valence-electron chi connectivity index (χ4n) is 3.02. The zero-order valence-corrected chi connectivity index (χ0v) is 16.5. The zero-order chi connectivity index (χ0) is 21.0. The molecule has 1 aromatic heterocycles. The van der Waals surface area contributed by atoms with Gasteiger partial charge in [0.25, 0.3) is 5.56 Å². The van der Waals surface area contributed by atoms with Crippen LogP contribution in [-0.4, -0.2) is 26.9 Å². The number of carbonyl (C=O) groups is 1. The number of phenolic OH excluding ortho intramolecular Hbond substituents is 1. The number of hydrogen-bond acceptors (Lipinski definition) is 5. The molecule has 0 amide bonds. The Labute approximate surface area is 168 Å². The maximum atomic E-state index is 13.0. The minimum Gasteiger partial charge on any atom is -0.506 e. The standard InChI is InChI=1S/C22H23N3O4/c1-4-29-20(23-17-12-8-9-13-18(17)26)14-19(27)21-15(2)24(3)25(22(21)28)16-10-6-5-7-11-16/h5-14,23,26H,4H2,1-3H3/b20-14+. The van der Waals surface area contributed by atoms with Crippen LogP contribution in [0.25, 0.3) is 5.69 Å². The van der Waals surface area contributed by atoms with Crippen molar-refractivity contribution >= 4 is 11.5 Å². The van der Waals surface area contributed by atoms with Crippen LogP contribution in [0, 0.1) is 6.92 Å². The van der Waals surface area contributed by atoms with Gasteiger partial charge < -0.3 is 15.2 Å². The molecular weight excluding hydrogens is 370 g/mol. The minimum absolute atomic E-state index is 0.0212. The van der Waals surface area contributed by atoms with Crippen LogP contribution in [0.3, 0.4) is 0 Å². The molecule has 0 unspecified atom stereocenters. The molecule has 0 saturated heterocycles. The van der Waals surface area contributed by atoms with E-state index in [9.17, 15) is 14.7 Å². The van der Waals surface area contributed by atoms with Crippen LogP contribution >= 0.6 is 0 Å². The third-order valence-electron chi connectivity index (χ3n) is 4.52. The molecule has 1 heterocycles. The van der Waals surface area contributed by atoms with Gasteiger partial charge in [-0.05, 0) is 38.1 Å². The largest absolute Gasteiger partial charge is 0.506 e. The van der Waals surface area contributed by atoms with E-state index in [1.54, 1.807) is 55.9 Å². The minimum atomic E-state index is -0.482. The summed E-state index contributed by atoms with van der Waals surface area (Å²) in [6.45, 7) is 3.81. The van der Waals surface area contributed by atoms with Crippen LogP contribution in [0.1, 0.15) is 23.0 Å². The number of benzene rings is 2. The number of aromatic nitrogens is 2. The van der Waals surface area contributed by atoms with Gasteiger partial charge in [0.2, 0.25) is 0 Å². The predicted molar refractivity (Wildman–Crippen MR) is 112 cm³/mol. The van der Waals surface area contributed by atoms with Crippen molar-refractivity contribution in [3.05, 3.63) is 88.2 Å². The molecule has 150 valence electrons. The highest BCUT2D eigenvalue weighted by Gasteiger charge is 2.21. The Bertz CT molecular complexity index is 1110. The Kier molecular flexibility index (Phi) is 5.87. The molecular formula is C22H23N3O4. The number of anilines is 1. The van der Waals surface area contributed by atoms with E-state index in [1.807, 2.05) is 18.2 Å². The number of rotatable bonds is 7. The van der Waals surface area contributed by atoms with Crippen LogP contribution in [0.4, 0.5) is 5.69 Å². The second-order valence-electron chi connectivity index (χ2n) is 6.38. The topological polar surface area (TPSA) is 85.5 Å². The molecule has 0 atom stereocenters. The van der Waals surface area contributed by atoms with Gasteiger partial charge in [0.05, 0.1) is 18.0 Å². The van der Waals surface area contributed by atoms with Crippen molar-refractivity contribution in [1.29, 1.82) is 0 Å². The Balaban J connectivity index is 2.00. The Morgan fingerprint density at radius 3 is 2.45 bits per heavy atom. The molecule has 0 fully saturated rings. The summed E-state index contributed by atoms with van der Waals surface area (Å²) >= 11 is 0. The zero-order valence-electron chi connectivity index (χ0n) is 16.5. The lowest BCUT2D eigenvalue weighted by molar-refractivity contribution is 0.103. The highest BCUT2D eigenvalue weighted by molar-refractivity contribution is 6.05. The number of phenols is 1. The first-order valence-corrected chi connectivity index (χ1v) is 9.22. The maximum absolute atomic E-state index is 13.0. The molecule has 7 nitrogen and oxygen atoms in total. The summed E-state index contributed by atoms with van der Waals surface area (Å²) < 4.78 is 8.60. The number of nitrogens with zero attached hydrogens (tertiary/aromatic N) is 2. The Morgan fingerprint density at radius 2 is 1.79 bits per heavy atom. The third kappa shape index (κ3) is 4.08. The number of nitrogens with one attached hydrogen (secondary N) is 1.